The Bertz CT molecular complexity index is 1790. The third kappa shape index (κ3) is 7.27. The fourth-order valence-corrected chi connectivity index (χ4v) is 6.01. The first-order valence-electron chi connectivity index (χ1n) is 14.3. The van der Waals surface area contributed by atoms with E-state index in [1.165, 1.54) is 18.5 Å². The molecule has 11 heteroatoms. The van der Waals surface area contributed by atoms with Crippen LogP contribution in [0.3, 0.4) is 0 Å². The molecule has 3 aromatic carbocycles. The number of aromatic nitrogens is 2. The van der Waals surface area contributed by atoms with E-state index in [9.17, 15) is 8.60 Å². The number of hydrogen-bond acceptors (Lipinski definition) is 8. The molecule has 1 unspecified atom stereocenters. The van der Waals surface area contributed by atoms with Crippen molar-refractivity contribution < 1.29 is 17.8 Å². The standard InChI is InChI=1S/C33H33ClFN5O3S/c1-39-17-26(18-39)40(12-13-44(2)41)19-27-8-11-31(43-27)23-6-9-30-28(15-23)33(37-21-36-30)38-25-7-10-32(29(34)16-25)42-20-22-4-3-5-24(35)14-22/h3-11,14-16,21,26H,12-13,17-20H2,1-2H3,(H,36,37,38). The Morgan fingerprint density at radius 2 is 1.98 bits per heavy atom. The van der Waals surface area contributed by atoms with Crippen molar-refractivity contribution in [2.45, 2.75) is 19.2 Å². The van der Waals surface area contributed by atoms with Crippen LogP contribution in [-0.2, 0) is 24.0 Å². The number of likely N-dealkylation sites (N-methyl/N-ethyl adjacent to an activating group) is 1. The summed E-state index contributed by atoms with van der Waals surface area (Å²) in [7, 11) is 1.27. The molecule has 6 rings (SSSR count). The molecule has 1 fully saturated rings. The van der Waals surface area contributed by atoms with Gasteiger partial charge in [0.15, 0.2) is 0 Å². The molecule has 3 heterocycles. The first-order chi connectivity index (χ1) is 21.3. The average Bonchev–Trinajstić information content (AvgIpc) is 3.46. The number of nitrogens with zero attached hydrogens (tertiary/aromatic N) is 4. The van der Waals surface area contributed by atoms with Gasteiger partial charge >= 0.3 is 0 Å². The highest BCUT2D eigenvalue weighted by Crippen LogP contribution is 2.33. The lowest BCUT2D eigenvalue weighted by Crippen LogP contribution is -2.58. The van der Waals surface area contributed by atoms with E-state index in [0.29, 0.717) is 40.5 Å². The fourth-order valence-electron chi connectivity index (χ4n) is 5.28. The second kappa shape index (κ2) is 13.4. The van der Waals surface area contributed by atoms with Crippen LogP contribution in [0, 0.1) is 5.82 Å². The second-order valence-corrected chi connectivity index (χ2v) is 13.0. The van der Waals surface area contributed by atoms with Gasteiger partial charge in [0.25, 0.3) is 0 Å². The van der Waals surface area contributed by atoms with Gasteiger partial charge in [0.1, 0.15) is 41.8 Å². The summed E-state index contributed by atoms with van der Waals surface area (Å²) in [5.41, 5.74) is 3.14. The molecular formula is C33H33ClFN5O3S. The van der Waals surface area contributed by atoms with Crippen LogP contribution in [0.4, 0.5) is 15.9 Å². The second-order valence-electron chi connectivity index (χ2n) is 11.0. The summed E-state index contributed by atoms with van der Waals surface area (Å²) >= 11 is 6.52. The van der Waals surface area contributed by atoms with Gasteiger partial charge in [-0.1, -0.05) is 23.7 Å². The maximum Gasteiger partial charge on any atom is 0.141 e. The smallest absolute Gasteiger partial charge is 0.141 e. The first-order valence-corrected chi connectivity index (χ1v) is 16.4. The van der Waals surface area contributed by atoms with Crippen LogP contribution in [0.1, 0.15) is 11.3 Å². The highest BCUT2D eigenvalue weighted by molar-refractivity contribution is 7.84. The van der Waals surface area contributed by atoms with Crippen molar-refractivity contribution in [2.24, 2.45) is 0 Å². The average molecular weight is 634 g/mol. The van der Waals surface area contributed by atoms with Crippen molar-refractivity contribution in [1.29, 1.82) is 0 Å². The van der Waals surface area contributed by atoms with Gasteiger partial charge in [-0.2, -0.15) is 0 Å². The SMILES string of the molecule is CN1CC(N(CCS(C)=O)Cc2ccc(-c3ccc4ncnc(Nc5ccc(OCc6cccc(F)c6)c(Cl)c5)c4c3)o2)C1. The zero-order chi connectivity index (χ0) is 30.6. The number of hydrogen-bond donors (Lipinski definition) is 1. The molecule has 0 saturated carbocycles. The van der Waals surface area contributed by atoms with Gasteiger partial charge in [-0.05, 0) is 73.3 Å². The number of nitrogens with one attached hydrogen (secondary N) is 1. The molecular weight excluding hydrogens is 601 g/mol. The number of anilines is 2. The normalized spacial score (nSPS) is 14.6. The highest BCUT2D eigenvalue weighted by Gasteiger charge is 2.29. The van der Waals surface area contributed by atoms with Gasteiger partial charge in [0, 0.05) is 65.1 Å². The molecule has 2 aromatic heterocycles. The number of ether oxygens (including phenoxy) is 1. The van der Waals surface area contributed by atoms with Crippen molar-refractivity contribution in [3.8, 4) is 17.1 Å². The summed E-state index contributed by atoms with van der Waals surface area (Å²) < 4.78 is 37.4. The Hall–Kier alpha value is -3.83. The van der Waals surface area contributed by atoms with E-state index in [1.54, 1.807) is 30.5 Å². The zero-order valence-electron chi connectivity index (χ0n) is 24.5. The molecule has 0 amide bonds. The maximum atomic E-state index is 13.5. The summed E-state index contributed by atoms with van der Waals surface area (Å²) in [6, 6.07) is 22.0. The van der Waals surface area contributed by atoms with Crippen molar-refractivity contribution >= 4 is 44.8 Å². The van der Waals surface area contributed by atoms with Gasteiger partial charge in [0.2, 0.25) is 0 Å². The Morgan fingerprint density at radius 1 is 1.11 bits per heavy atom. The number of benzene rings is 3. The van der Waals surface area contributed by atoms with Gasteiger partial charge < -0.3 is 19.4 Å². The Balaban J connectivity index is 1.17. The summed E-state index contributed by atoms with van der Waals surface area (Å²) in [5, 5.41) is 4.60. The minimum absolute atomic E-state index is 0.202. The Kier molecular flexibility index (Phi) is 9.22. The van der Waals surface area contributed by atoms with Gasteiger partial charge in [0.05, 0.1) is 17.1 Å². The predicted molar refractivity (Wildman–Crippen MR) is 173 cm³/mol. The van der Waals surface area contributed by atoms with Crippen LogP contribution in [-0.4, -0.2) is 68.7 Å². The number of likely N-dealkylation sites (tertiary alicyclic amines) is 1. The first kappa shape index (κ1) is 30.2. The molecule has 8 nitrogen and oxygen atoms in total. The lowest BCUT2D eigenvalue weighted by Gasteiger charge is -2.43. The number of halogens is 2. The Morgan fingerprint density at radius 3 is 2.75 bits per heavy atom. The zero-order valence-corrected chi connectivity index (χ0v) is 26.1. The Labute approximate surface area is 263 Å². The van der Waals surface area contributed by atoms with E-state index < -0.39 is 10.8 Å². The summed E-state index contributed by atoms with van der Waals surface area (Å²) in [4.78, 5) is 13.6. The number of fused-ring (bicyclic) bond motifs is 1. The summed E-state index contributed by atoms with van der Waals surface area (Å²) in [6.07, 6.45) is 3.27. The lowest BCUT2D eigenvalue weighted by molar-refractivity contribution is 0.0473. The highest BCUT2D eigenvalue weighted by atomic mass is 35.5. The van der Waals surface area contributed by atoms with Crippen molar-refractivity contribution in [2.75, 3.05) is 44.0 Å². The largest absolute Gasteiger partial charge is 0.487 e. The van der Waals surface area contributed by atoms with Crippen LogP contribution >= 0.6 is 11.6 Å². The van der Waals surface area contributed by atoms with Crippen molar-refractivity contribution in [3.63, 3.8) is 0 Å². The fraction of sp³-hybridized carbons (Fsp3) is 0.273. The van der Waals surface area contributed by atoms with E-state index in [-0.39, 0.29) is 12.4 Å². The maximum absolute atomic E-state index is 13.5. The molecule has 0 spiro atoms. The molecule has 0 bridgehead atoms. The minimum Gasteiger partial charge on any atom is -0.487 e. The van der Waals surface area contributed by atoms with Crippen LogP contribution in [0.25, 0.3) is 22.2 Å². The quantitative estimate of drug-likeness (QED) is 0.167. The molecule has 0 radical (unpaired) electrons. The number of furan rings is 1. The lowest BCUT2D eigenvalue weighted by atomic mass is 10.1. The van der Waals surface area contributed by atoms with Crippen molar-refractivity contribution in [1.82, 2.24) is 19.8 Å². The molecule has 1 aliphatic heterocycles. The third-order valence-electron chi connectivity index (χ3n) is 7.65. The molecule has 0 aliphatic carbocycles. The van der Waals surface area contributed by atoms with E-state index in [0.717, 1.165) is 53.3 Å². The van der Waals surface area contributed by atoms with Crippen LogP contribution in [0.5, 0.6) is 5.75 Å². The summed E-state index contributed by atoms with van der Waals surface area (Å²) in [5.74, 6) is 3.08. The van der Waals surface area contributed by atoms with Crippen LogP contribution in [0.15, 0.2) is 83.5 Å². The van der Waals surface area contributed by atoms with E-state index in [1.807, 2.05) is 36.4 Å². The summed E-state index contributed by atoms with van der Waals surface area (Å²) in [6.45, 7) is 3.64. The van der Waals surface area contributed by atoms with E-state index >= 15 is 0 Å². The van der Waals surface area contributed by atoms with Gasteiger partial charge in [-0.25, -0.2) is 14.4 Å². The van der Waals surface area contributed by atoms with Crippen LogP contribution < -0.4 is 10.1 Å². The van der Waals surface area contributed by atoms with Crippen molar-refractivity contribution in [3.05, 3.63) is 101 Å². The molecule has 228 valence electrons. The van der Waals surface area contributed by atoms with Crippen LogP contribution in [0.2, 0.25) is 5.02 Å². The topological polar surface area (TPSA) is 83.7 Å². The molecule has 1 N–H and O–H groups in total. The third-order valence-corrected chi connectivity index (χ3v) is 8.70. The molecule has 1 atom stereocenters. The van der Waals surface area contributed by atoms with E-state index in [2.05, 4.69) is 32.1 Å². The molecule has 1 aliphatic rings. The predicted octanol–water partition coefficient (Wildman–Crippen LogP) is 6.50. The molecule has 44 heavy (non-hydrogen) atoms. The number of rotatable bonds is 12. The van der Waals surface area contributed by atoms with E-state index in [4.69, 9.17) is 20.8 Å². The van der Waals surface area contributed by atoms with Gasteiger partial charge in [-0.3, -0.25) is 9.11 Å². The molecule has 1 saturated heterocycles. The van der Waals surface area contributed by atoms with Gasteiger partial charge in [-0.15, -0.1) is 0 Å². The molecule has 5 aromatic rings. The monoisotopic (exact) mass is 633 g/mol. The minimum atomic E-state index is -0.843.